The van der Waals surface area contributed by atoms with Gasteiger partial charge >= 0.3 is 0 Å². The largest absolute Gasteiger partial charge is 0.398 e. The number of aromatic nitrogens is 1. The molecule has 100 valence electrons. The lowest BCUT2D eigenvalue weighted by atomic mass is 10.1. The number of fused-ring (bicyclic) bond motifs is 2. The van der Waals surface area contributed by atoms with Gasteiger partial charge in [0.25, 0.3) is 0 Å². The molecular formula is C18H18N2. The van der Waals surface area contributed by atoms with Crippen LogP contribution >= 0.6 is 0 Å². The summed E-state index contributed by atoms with van der Waals surface area (Å²) in [6.07, 6.45) is 5.93. The first-order valence-corrected chi connectivity index (χ1v) is 7.25. The molecule has 2 aromatic carbocycles. The van der Waals surface area contributed by atoms with Crippen LogP contribution in [0.5, 0.6) is 0 Å². The number of aryl methyl sites for hydroxylation is 2. The van der Waals surface area contributed by atoms with Crippen LogP contribution in [-0.4, -0.2) is 4.57 Å². The Morgan fingerprint density at radius 2 is 1.90 bits per heavy atom. The van der Waals surface area contributed by atoms with Gasteiger partial charge in [-0.15, -0.1) is 0 Å². The monoisotopic (exact) mass is 262 g/mol. The molecule has 0 atom stereocenters. The first-order valence-electron chi connectivity index (χ1n) is 7.25. The highest BCUT2D eigenvalue weighted by Crippen LogP contribution is 2.25. The Bertz CT molecular complexity index is 783. The van der Waals surface area contributed by atoms with Gasteiger partial charge in [-0.1, -0.05) is 24.3 Å². The summed E-state index contributed by atoms with van der Waals surface area (Å²) in [5.74, 6) is 0. The standard InChI is InChI=1S/C18H18N2/c19-17-5-2-6-18-16(17)9-10-20(18)12-13-7-8-14-3-1-4-15(14)11-13/h2,5-11H,1,3-4,12,19H2. The van der Waals surface area contributed by atoms with E-state index >= 15 is 0 Å². The average Bonchev–Trinajstić information content (AvgIpc) is 3.06. The van der Waals surface area contributed by atoms with Crippen LogP contribution in [0, 0.1) is 0 Å². The third-order valence-electron chi connectivity index (χ3n) is 4.36. The summed E-state index contributed by atoms with van der Waals surface area (Å²) in [4.78, 5) is 0. The number of benzene rings is 2. The fourth-order valence-electron chi connectivity index (χ4n) is 3.31. The van der Waals surface area contributed by atoms with E-state index in [0.717, 1.165) is 17.6 Å². The van der Waals surface area contributed by atoms with Crippen LogP contribution in [-0.2, 0) is 19.4 Å². The topological polar surface area (TPSA) is 30.9 Å². The Kier molecular flexibility index (Phi) is 2.56. The number of nitrogens with two attached hydrogens (primary N) is 1. The van der Waals surface area contributed by atoms with Gasteiger partial charge in [-0.3, -0.25) is 0 Å². The molecule has 0 fully saturated rings. The highest BCUT2D eigenvalue weighted by atomic mass is 15.0. The number of hydrogen-bond acceptors (Lipinski definition) is 1. The first-order chi connectivity index (χ1) is 9.81. The fraction of sp³-hybridized carbons (Fsp3) is 0.222. The van der Waals surface area contributed by atoms with E-state index in [9.17, 15) is 0 Å². The minimum Gasteiger partial charge on any atom is -0.398 e. The molecule has 0 bridgehead atoms. The van der Waals surface area contributed by atoms with E-state index in [1.54, 1.807) is 5.56 Å². The summed E-state index contributed by atoms with van der Waals surface area (Å²) in [7, 11) is 0. The Labute approximate surface area is 118 Å². The van der Waals surface area contributed by atoms with Gasteiger partial charge in [-0.2, -0.15) is 0 Å². The Morgan fingerprint density at radius 1 is 1.00 bits per heavy atom. The molecule has 2 nitrogen and oxygen atoms in total. The Morgan fingerprint density at radius 3 is 2.85 bits per heavy atom. The smallest absolute Gasteiger partial charge is 0.0504 e. The second kappa shape index (κ2) is 4.41. The molecule has 2 heteroatoms. The lowest BCUT2D eigenvalue weighted by Crippen LogP contribution is -1.99. The van der Waals surface area contributed by atoms with Crippen molar-refractivity contribution in [3.05, 3.63) is 65.4 Å². The van der Waals surface area contributed by atoms with Crippen LogP contribution in [0.1, 0.15) is 23.1 Å². The van der Waals surface area contributed by atoms with Crippen molar-refractivity contribution in [1.29, 1.82) is 0 Å². The molecule has 0 saturated carbocycles. The van der Waals surface area contributed by atoms with E-state index in [1.807, 2.05) is 12.1 Å². The van der Waals surface area contributed by atoms with Crippen molar-refractivity contribution in [1.82, 2.24) is 4.57 Å². The lowest BCUT2D eigenvalue weighted by molar-refractivity contribution is 0.834. The zero-order valence-corrected chi connectivity index (χ0v) is 11.5. The van der Waals surface area contributed by atoms with Crippen LogP contribution in [0.3, 0.4) is 0 Å². The van der Waals surface area contributed by atoms with Gasteiger partial charge in [-0.25, -0.2) is 0 Å². The molecule has 2 N–H and O–H groups in total. The minimum atomic E-state index is 0.857. The Hall–Kier alpha value is -2.22. The quantitative estimate of drug-likeness (QED) is 0.700. The van der Waals surface area contributed by atoms with Crippen molar-refractivity contribution in [2.45, 2.75) is 25.8 Å². The summed E-state index contributed by atoms with van der Waals surface area (Å²) in [5.41, 5.74) is 12.6. The second-order valence-corrected chi connectivity index (χ2v) is 5.68. The molecule has 0 unspecified atom stereocenters. The molecular weight excluding hydrogens is 244 g/mol. The van der Waals surface area contributed by atoms with E-state index in [2.05, 4.69) is 41.1 Å². The Balaban J connectivity index is 1.72. The zero-order chi connectivity index (χ0) is 13.5. The maximum atomic E-state index is 6.02. The number of rotatable bonds is 2. The highest BCUT2D eigenvalue weighted by Gasteiger charge is 2.11. The summed E-state index contributed by atoms with van der Waals surface area (Å²) in [6.45, 7) is 0.917. The molecule has 0 spiro atoms. The molecule has 1 aromatic heterocycles. The van der Waals surface area contributed by atoms with E-state index < -0.39 is 0 Å². The summed E-state index contributed by atoms with van der Waals surface area (Å²) < 4.78 is 2.28. The van der Waals surface area contributed by atoms with Gasteiger partial charge < -0.3 is 10.3 Å². The molecule has 0 amide bonds. The van der Waals surface area contributed by atoms with Crippen LogP contribution < -0.4 is 5.73 Å². The van der Waals surface area contributed by atoms with Crippen LogP contribution in [0.25, 0.3) is 10.9 Å². The molecule has 3 aromatic rings. The van der Waals surface area contributed by atoms with Crippen molar-refractivity contribution in [3.8, 4) is 0 Å². The predicted molar refractivity (Wildman–Crippen MR) is 83.9 cm³/mol. The van der Waals surface area contributed by atoms with Crippen molar-refractivity contribution < 1.29 is 0 Å². The lowest BCUT2D eigenvalue weighted by Gasteiger charge is -2.08. The SMILES string of the molecule is Nc1cccc2c1ccn2Cc1ccc2c(c1)CCC2. The maximum Gasteiger partial charge on any atom is 0.0504 e. The normalized spacial score (nSPS) is 13.8. The molecule has 0 aliphatic heterocycles. The molecule has 1 aliphatic carbocycles. The number of anilines is 1. The predicted octanol–water partition coefficient (Wildman–Crippen LogP) is 3.76. The van der Waals surface area contributed by atoms with Crippen molar-refractivity contribution in [2.75, 3.05) is 5.73 Å². The van der Waals surface area contributed by atoms with E-state index in [-0.39, 0.29) is 0 Å². The van der Waals surface area contributed by atoms with Gasteiger partial charge in [-0.05, 0) is 54.2 Å². The van der Waals surface area contributed by atoms with E-state index in [1.165, 1.54) is 35.9 Å². The molecule has 0 saturated heterocycles. The fourth-order valence-corrected chi connectivity index (χ4v) is 3.31. The van der Waals surface area contributed by atoms with Crippen LogP contribution in [0.4, 0.5) is 5.69 Å². The van der Waals surface area contributed by atoms with Gasteiger partial charge in [0.15, 0.2) is 0 Å². The van der Waals surface area contributed by atoms with E-state index in [0.29, 0.717) is 0 Å². The molecule has 4 rings (SSSR count). The van der Waals surface area contributed by atoms with Gasteiger partial charge in [0.05, 0.1) is 5.52 Å². The number of hydrogen-bond donors (Lipinski definition) is 1. The van der Waals surface area contributed by atoms with Crippen molar-refractivity contribution in [2.24, 2.45) is 0 Å². The minimum absolute atomic E-state index is 0.857. The van der Waals surface area contributed by atoms with Crippen LogP contribution in [0.15, 0.2) is 48.7 Å². The highest BCUT2D eigenvalue weighted by molar-refractivity contribution is 5.91. The molecule has 1 heterocycles. The molecule has 0 radical (unpaired) electrons. The summed E-state index contributed by atoms with van der Waals surface area (Å²) >= 11 is 0. The molecule has 20 heavy (non-hydrogen) atoms. The third-order valence-corrected chi connectivity index (χ3v) is 4.36. The van der Waals surface area contributed by atoms with Gasteiger partial charge in [0.1, 0.15) is 0 Å². The van der Waals surface area contributed by atoms with E-state index in [4.69, 9.17) is 5.73 Å². The average molecular weight is 262 g/mol. The van der Waals surface area contributed by atoms with Crippen molar-refractivity contribution in [3.63, 3.8) is 0 Å². The van der Waals surface area contributed by atoms with Crippen molar-refractivity contribution >= 4 is 16.6 Å². The van der Waals surface area contributed by atoms with Crippen LogP contribution in [0.2, 0.25) is 0 Å². The second-order valence-electron chi connectivity index (χ2n) is 5.68. The molecule has 1 aliphatic rings. The third kappa shape index (κ3) is 1.80. The zero-order valence-electron chi connectivity index (χ0n) is 11.5. The summed E-state index contributed by atoms with van der Waals surface area (Å²) in [6, 6.07) is 15.2. The first kappa shape index (κ1) is 11.6. The number of nitrogen functional groups attached to an aromatic ring is 1. The van der Waals surface area contributed by atoms with Gasteiger partial charge in [0.2, 0.25) is 0 Å². The summed E-state index contributed by atoms with van der Waals surface area (Å²) in [5, 5.41) is 1.15. The maximum absolute atomic E-state index is 6.02. The van der Waals surface area contributed by atoms with Gasteiger partial charge in [0, 0.05) is 23.8 Å². The number of nitrogens with zero attached hydrogens (tertiary/aromatic N) is 1.